The van der Waals surface area contributed by atoms with Gasteiger partial charge in [0, 0.05) is 19.2 Å². The number of nitrogens with one attached hydrogen (secondary N) is 1. The summed E-state index contributed by atoms with van der Waals surface area (Å²) in [5.41, 5.74) is 0.189. The average Bonchev–Trinajstić information content (AvgIpc) is 2.90. The molecule has 1 aromatic carbocycles. The molecule has 2 rings (SSSR count). The van der Waals surface area contributed by atoms with Crippen LogP contribution >= 0.6 is 11.8 Å². The summed E-state index contributed by atoms with van der Waals surface area (Å²) in [6, 6.07) is 4.27. The van der Waals surface area contributed by atoms with Crippen LogP contribution in [0.5, 0.6) is 5.75 Å². The summed E-state index contributed by atoms with van der Waals surface area (Å²) in [5, 5.41) is 2.64. The highest BCUT2D eigenvalue weighted by Gasteiger charge is 2.26. The van der Waals surface area contributed by atoms with Gasteiger partial charge in [-0.1, -0.05) is 0 Å². The number of amides is 2. The first kappa shape index (κ1) is 16.9. The molecular formula is C16H23FN2O2S. The fourth-order valence-electron chi connectivity index (χ4n) is 2.53. The van der Waals surface area contributed by atoms with Crippen LogP contribution < -0.4 is 10.1 Å². The Balaban J connectivity index is 1.94. The van der Waals surface area contributed by atoms with Gasteiger partial charge in [-0.3, -0.25) is 0 Å². The number of nitrogens with zero attached hydrogens (tertiary/aromatic N) is 1. The molecule has 6 heteroatoms. The van der Waals surface area contributed by atoms with E-state index in [0.29, 0.717) is 11.7 Å². The van der Waals surface area contributed by atoms with Crippen molar-refractivity contribution in [1.29, 1.82) is 0 Å². The summed E-state index contributed by atoms with van der Waals surface area (Å²) < 4.78 is 19.5. The topological polar surface area (TPSA) is 41.6 Å². The Hall–Kier alpha value is -1.43. The molecule has 1 fully saturated rings. The third-order valence-corrected chi connectivity index (χ3v) is 4.33. The maximum absolute atomic E-state index is 14.0. The second-order valence-corrected chi connectivity index (χ2v) is 6.71. The molecule has 0 saturated carbocycles. The van der Waals surface area contributed by atoms with Gasteiger partial charge in [0.1, 0.15) is 11.6 Å². The summed E-state index contributed by atoms with van der Waals surface area (Å²) in [5.74, 6) is 1.57. The molecule has 1 aliphatic heterocycles. The number of ether oxygens (including phenoxy) is 1. The number of hydrogen-bond acceptors (Lipinski definition) is 3. The van der Waals surface area contributed by atoms with Crippen molar-refractivity contribution in [1.82, 2.24) is 4.90 Å². The molecule has 1 heterocycles. The number of rotatable bonds is 5. The maximum atomic E-state index is 14.0. The van der Waals surface area contributed by atoms with Crippen molar-refractivity contribution in [3.8, 4) is 5.75 Å². The van der Waals surface area contributed by atoms with Crippen LogP contribution in [0.25, 0.3) is 0 Å². The monoisotopic (exact) mass is 326 g/mol. The summed E-state index contributed by atoms with van der Waals surface area (Å²) in [6.45, 7) is 5.23. The molecule has 0 aliphatic carbocycles. The molecule has 122 valence electrons. The summed E-state index contributed by atoms with van der Waals surface area (Å²) in [7, 11) is 0. The van der Waals surface area contributed by atoms with E-state index in [1.807, 2.05) is 13.8 Å². The zero-order chi connectivity index (χ0) is 16.1. The lowest BCUT2D eigenvalue weighted by Gasteiger charge is -2.18. The van der Waals surface area contributed by atoms with E-state index in [2.05, 4.69) is 11.6 Å². The molecule has 1 saturated heterocycles. The van der Waals surface area contributed by atoms with Crippen molar-refractivity contribution in [2.75, 3.05) is 30.4 Å². The Bertz CT molecular complexity index is 525. The number of hydrogen-bond donors (Lipinski definition) is 1. The fraction of sp³-hybridized carbons (Fsp3) is 0.562. The van der Waals surface area contributed by atoms with Gasteiger partial charge in [0.05, 0.1) is 11.8 Å². The highest BCUT2D eigenvalue weighted by molar-refractivity contribution is 7.98. The minimum absolute atomic E-state index is 0.0159. The van der Waals surface area contributed by atoms with Gasteiger partial charge in [-0.15, -0.1) is 0 Å². The minimum atomic E-state index is -0.480. The van der Waals surface area contributed by atoms with Crippen LogP contribution in [-0.4, -0.2) is 42.1 Å². The predicted molar refractivity (Wildman–Crippen MR) is 89.2 cm³/mol. The molecule has 1 atom stereocenters. The molecule has 4 nitrogen and oxygen atoms in total. The highest BCUT2D eigenvalue weighted by Crippen LogP contribution is 2.24. The van der Waals surface area contributed by atoms with Gasteiger partial charge in [-0.25, -0.2) is 9.18 Å². The molecule has 0 bridgehead atoms. The van der Waals surface area contributed by atoms with Crippen LogP contribution in [0.3, 0.4) is 0 Å². The molecule has 0 aromatic heterocycles. The van der Waals surface area contributed by atoms with E-state index in [1.54, 1.807) is 28.8 Å². The van der Waals surface area contributed by atoms with Crippen LogP contribution in [0.2, 0.25) is 0 Å². The maximum Gasteiger partial charge on any atom is 0.321 e. The molecular weight excluding hydrogens is 303 g/mol. The lowest BCUT2D eigenvalue weighted by atomic mass is 10.2. The number of carbonyl (C=O) groups excluding carboxylic acids is 1. The zero-order valence-corrected chi connectivity index (χ0v) is 14.1. The van der Waals surface area contributed by atoms with E-state index >= 15 is 0 Å². The minimum Gasteiger partial charge on any atom is -0.491 e. The molecule has 0 radical (unpaired) electrons. The number of anilines is 1. The normalized spacial score (nSPS) is 17.9. The lowest BCUT2D eigenvalue weighted by molar-refractivity contribution is 0.221. The Morgan fingerprint density at radius 3 is 2.95 bits per heavy atom. The van der Waals surface area contributed by atoms with Gasteiger partial charge in [-0.05, 0) is 50.3 Å². The van der Waals surface area contributed by atoms with E-state index in [-0.39, 0.29) is 17.8 Å². The molecule has 1 unspecified atom stereocenters. The van der Waals surface area contributed by atoms with Crippen molar-refractivity contribution < 1.29 is 13.9 Å². The number of benzene rings is 1. The van der Waals surface area contributed by atoms with Crippen molar-refractivity contribution in [2.45, 2.75) is 26.4 Å². The first-order valence-corrected chi connectivity index (χ1v) is 8.90. The number of likely N-dealkylation sites (tertiary alicyclic amines) is 1. The van der Waals surface area contributed by atoms with E-state index in [1.165, 1.54) is 6.07 Å². The van der Waals surface area contributed by atoms with Gasteiger partial charge in [0.25, 0.3) is 0 Å². The first-order valence-electron chi connectivity index (χ1n) is 7.50. The first-order chi connectivity index (χ1) is 10.5. The van der Waals surface area contributed by atoms with Gasteiger partial charge >= 0.3 is 6.03 Å². The number of urea groups is 1. The summed E-state index contributed by atoms with van der Waals surface area (Å²) in [4.78, 5) is 13.9. The molecule has 1 aromatic rings. The smallest absolute Gasteiger partial charge is 0.321 e. The van der Waals surface area contributed by atoms with E-state index in [4.69, 9.17) is 4.74 Å². The highest BCUT2D eigenvalue weighted by atomic mass is 32.2. The quantitative estimate of drug-likeness (QED) is 0.894. The van der Waals surface area contributed by atoms with Crippen LogP contribution in [0.15, 0.2) is 18.2 Å². The summed E-state index contributed by atoms with van der Waals surface area (Å²) in [6.07, 6.45) is 3.06. The van der Waals surface area contributed by atoms with Crippen LogP contribution in [0, 0.1) is 11.7 Å². The van der Waals surface area contributed by atoms with E-state index < -0.39 is 5.82 Å². The second kappa shape index (κ2) is 7.72. The lowest BCUT2D eigenvalue weighted by Crippen LogP contribution is -2.33. The van der Waals surface area contributed by atoms with Gasteiger partial charge in [-0.2, -0.15) is 11.8 Å². The molecule has 22 heavy (non-hydrogen) atoms. The fourth-order valence-corrected chi connectivity index (χ4v) is 3.27. The van der Waals surface area contributed by atoms with Crippen molar-refractivity contribution in [3.63, 3.8) is 0 Å². The van der Waals surface area contributed by atoms with Crippen molar-refractivity contribution >= 4 is 23.5 Å². The number of carbonyl (C=O) groups is 1. The second-order valence-electron chi connectivity index (χ2n) is 5.79. The third-order valence-electron chi connectivity index (χ3n) is 3.53. The van der Waals surface area contributed by atoms with Gasteiger partial charge in [0.2, 0.25) is 0 Å². The van der Waals surface area contributed by atoms with Crippen molar-refractivity contribution in [2.24, 2.45) is 5.92 Å². The molecule has 1 aliphatic rings. The average molecular weight is 326 g/mol. The Kier molecular flexibility index (Phi) is 5.94. The molecule has 2 amide bonds. The van der Waals surface area contributed by atoms with Crippen LogP contribution in [0.1, 0.15) is 20.3 Å². The Morgan fingerprint density at radius 1 is 1.55 bits per heavy atom. The Labute approximate surface area is 135 Å². The molecule has 0 spiro atoms. The van der Waals surface area contributed by atoms with E-state index in [9.17, 15) is 9.18 Å². The van der Waals surface area contributed by atoms with Crippen LogP contribution in [0.4, 0.5) is 14.9 Å². The van der Waals surface area contributed by atoms with Crippen molar-refractivity contribution in [3.05, 3.63) is 24.0 Å². The van der Waals surface area contributed by atoms with Gasteiger partial charge in [0.15, 0.2) is 0 Å². The standard InChI is InChI=1S/C16H23FN2O2S/c1-11(2)21-13-4-5-15(14(17)8-13)18-16(20)19-7-6-12(9-19)10-22-3/h4-5,8,11-12H,6-7,9-10H2,1-3H3,(H,18,20). The number of halogens is 1. The molecule has 1 N–H and O–H groups in total. The zero-order valence-electron chi connectivity index (χ0n) is 13.3. The van der Waals surface area contributed by atoms with Crippen LogP contribution in [-0.2, 0) is 0 Å². The van der Waals surface area contributed by atoms with E-state index in [0.717, 1.165) is 25.3 Å². The SMILES string of the molecule is CSCC1CCN(C(=O)Nc2ccc(OC(C)C)cc2F)C1. The largest absolute Gasteiger partial charge is 0.491 e. The predicted octanol–water partition coefficient (Wildman–Crippen LogP) is 3.83. The Morgan fingerprint density at radius 2 is 2.32 bits per heavy atom. The van der Waals surface area contributed by atoms with Gasteiger partial charge < -0.3 is 15.0 Å². The number of thioether (sulfide) groups is 1. The third kappa shape index (κ3) is 4.53. The summed E-state index contributed by atoms with van der Waals surface area (Å²) >= 11 is 1.79.